The topological polar surface area (TPSA) is 27.1 Å². The van der Waals surface area contributed by atoms with Gasteiger partial charge in [-0.1, -0.05) is 97.1 Å². The Kier molecular flexibility index (Phi) is 4.52. The molecule has 0 aliphatic carbocycles. The third kappa shape index (κ3) is 3.24. The smallest absolute Gasteiger partial charge is 0.152 e. The molecule has 1 aliphatic rings. The van der Waals surface area contributed by atoms with Crippen LogP contribution >= 0.6 is 0 Å². The van der Waals surface area contributed by atoms with Gasteiger partial charge in [0.25, 0.3) is 0 Å². The average Bonchev–Trinajstić information content (AvgIpc) is 3.32. The molecule has 0 saturated heterocycles. The van der Waals surface area contributed by atoms with E-state index in [9.17, 15) is 0 Å². The lowest BCUT2D eigenvalue weighted by molar-refractivity contribution is 0.281. The summed E-state index contributed by atoms with van der Waals surface area (Å²) in [5, 5.41) is 0. The molecule has 35 heavy (non-hydrogen) atoms. The van der Waals surface area contributed by atoms with Crippen LogP contribution in [0.5, 0.6) is 5.75 Å². The number of para-hydroxylation sites is 2. The molecular formula is C32H22N2O. The number of benzene rings is 5. The van der Waals surface area contributed by atoms with Gasteiger partial charge in [-0.25, -0.2) is 4.98 Å². The van der Waals surface area contributed by atoms with Crippen LogP contribution in [-0.4, -0.2) is 9.55 Å². The van der Waals surface area contributed by atoms with Crippen LogP contribution in [0.15, 0.2) is 121 Å². The number of nitrogens with zero attached hydrogens (tertiary/aromatic N) is 2. The summed E-state index contributed by atoms with van der Waals surface area (Å²) in [6.45, 7) is 0.455. The molecule has 0 unspecified atom stereocenters. The molecule has 0 atom stereocenters. The number of hydrogen-bond donors (Lipinski definition) is 0. The zero-order chi connectivity index (χ0) is 23.2. The Morgan fingerprint density at radius 3 is 1.97 bits per heavy atom. The van der Waals surface area contributed by atoms with E-state index in [0.29, 0.717) is 6.61 Å². The van der Waals surface area contributed by atoms with Crippen molar-refractivity contribution in [3.05, 3.63) is 127 Å². The number of fused-ring (bicyclic) bond motifs is 5. The third-order valence-corrected chi connectivity index (χ3v) is 6.71. The van der Waals surface area contributed by atoms with Gasteiger partial charge in [0, 0.05) is 0 Å². The zero-order valence-corrected chi connectivity index (χ0v) is 19.1. The van der Waals surface area contributed by atoms with Crippen LogP contribution in [0.2, 0.25) is 0 Å². The first-order chi connectivity index (χ1) is 17.4. The van der Waals surface area contributed by atoms with Crippen LogP contribution in [0.3, 0.4) is 0 Å². The number of imidazole rings is 1. The molecule has 3 nitrogen and oxygen atoms in total. The highest BCUT2D eigenvalue weighted by molar-refractivity contribution is 5.95. The van der Waals surface area contributed by atoms with Crippen LogP contribution in [0.1, 0.15) is 5.82 Å². The maximum Gasteiger partial charge on any atom is 0.152 e. The van der Waals surface area contributed by atoms with Crippen molar-refractivity contribution in [2.45, 2.75) is 6.61 Å². The molecule has 2 heterocycles. The predicted molar refractivity (Wildman–Crippen MR) is 142 cm³/mol. The quantitative estimate of drug-likeness (QED) is 0.274. The lowest BCUT2D eigenvalue weighted by Crippen LogP contribution is -2.13. The second-order valence-corrected chi connectivity index (χ2v) is 8.78. The molecule has 1 aliphatic heterocycles. The highest BCUT2D eigenvalue weighted by Gasteiger charge is 2.23. The van der Waals surface area contributed by atoms with E-state index in [-0.39, 0.29) is 0 Å². The maximum atomic E-state index is 6.25. The number of aromatic nitrogens is 2. The summed E-state index contributed by atoms with van der Waals surface area (Å²) in [7, 11) is 0. The van der Waals surface area contributed by atoms with Gasteiger partial charge in [-0.05, 0) is 57.6 Å². The fraction of sp³-hybridized carbons (Fsp3) is 0.0312. The molecule has 0 amide bonds. The minimum Gasteiger partial charge on any atom is -0.483 e. The van der Waals surface area contributed by atoms with Gasteiger partial charge in [0.05, 0.1) is 16.7 Å². The molecule has 0 saturated carbocycles. The molecule has 0 radical (unpaired) electrons. The van der Waals surface area contributed by atoms with Crippen LogP contribution < -0.4 is 4.74 Å². The van der Waals surface area contributed by atoms with E-state index < -0.39 is 0 Å². The summed E-state index contributed by atoms with van der Waals surface area (Å²) < 4.78 is 8.47. The highest BCUT2D eigenvalue weighted by atomic mass is 16.5. The highest BCUT2D eigenvalue weighted by Crippen LogP contribution is 2.43. The number of ether oxygens (including phenoxy) is 1. The van der Waals surface area contributed by atoms with Crippen LogP contribution in [0, 0.1) is 0 Å². The SMILES string of the molecule is c1ccc(-c2cccc(-c3ccccc3)c2-c2ccc3c(c2)OCc2nc4ccccc4n2-3)cc1. The maximum absolute atomic E-state index is 6.25. The van der Waals surface area contributed by atoms with E-state index in [1.54, 1.807) is 0 Å². The molecule has 7 rings (SSSR count). The molecule has 3 heteroatoms. The lowest BCUT2D eigenvalue weighted by Gasteiger charge is -2.22. The Morgan fingerprint density at radius 1 is 0.600 bits per heavy atom. The molecular weight excluding hydrogens is 428 g/mol. The fourth-order valence-electron chi connectivity index (χ4n) is 5.13. The Balaban J connectivity index is 1.46. The van der Waals surface area contributed by atoms with Crippen LogP contribution in [-0.2, 0) is 6.61 Å². The zero-order valence-electron chi connectivity index (χ0n) is 19.1. The number of rotatable bonds is 3. The normalized spacial score (nSPS) is 12.1. The van der Waals surface area contributed by atoms with Crippen LogP contribution in [0.4, 0.5) is 0 Å². The van der Waals surface area contributed by atoms with Gasteiger partial charge in [0.1, 0.15) is 12.4 Å². The summed E-state index contributed by atoms with van der Waals surface area (Å²) in [4.78, 5) is 4.78. The summed E-state index contributed by atoms with van der Waals surface area (Å²) in [5.74, 6) is 1.81. The lowest BCUT2D eigenvalue weighted by atomic mass is 9.87. The third-order valence-electron chi connectivity index (χ3n) is 6.71. The first-order valence-corrected chi connectivity index (χ1v) is 11.8. The molecule has 0 N–H and O–H groups in total. The summed E-state index contributed by atoms with van der Waals surface area (Å²) in [6, 6.07) is 42.6. The van der Waals surface area contributed by atoms with Gasteiger partial charge in [-0.2, -0.15) is 0 Å². The van der Waals surface area contributed by atoms with Crippen molar-refractivity contribution in [1.82, 2.24) is 9.55 Å². The minimum absolute atomic E-state index is 0.455. The monoisotopic (exact) mass is 450 g/mol. The summed E-state index contributed by atoms with van der Waals surface area (Å²) in [6.07, 6.45) is 0. The predicted octanol–water partition coefficient (Wildman–Crippen LogP) is 7.92. The summed E-state index contributed by atoms with van der Waals surface area (Å²) in [5.41, 5.74) is 10.3. The van der Waals surface area contributed by atoms with Crippen LogP contribution in [0.25, 0.3) is 50.1 Å². The Bertz CT molecular complexity index is 1630. The molecule has 0 spiro atoms. The largest absolute Gasteiger partial charge is 0.483 e. The molecule has 6 aromatic rings. The average molecular weight is 451 g/mol. The van der Waals surface area contributed by atoms with Crippen molar-refractivity contribution in [2.24, 2.45) is 0 Å². The van der Waals surface area contributed by atoms with Crippen molar-refractivity contribution in [2.75, 3.05) is 0 Å². The van der Waals surface area contributed by atoms with Gasteiger partial charge < -0.3 is 4.74 Å². The van der Waals surface area contributed by atoms with Crippen molar-refractivity contribution in [3.8, 4) is 44.8 Å². The van der Waals surface area contributed by atoms with Crippen molar-refractivity contribution in [3.63, 3.8) is 0 Å². The molecule has 1 aromatic heterocycles. The van der Waals surface area contributed by atoms with Gasteiger partial charge >= 0.3 is 0 Å². The van der Waals surface area contributed by atoms with E-state index in [2.05, 4.69) is 120 Å². The van der Waals surface area contributed by atoms with Crippen molar-refractivity contribution >= 4 is 11.0 Å². The summed E-state index contributed by atoms with van der Waals surface area (Å²) >= 11 is 0. The van der Waals surface area contributed by atoms with E-state index in [0.717, 1.165) is 33.9 Å². The second kappa shape index (κ2) is 8.00. The first-order valence-electron chi connectivity index (χ1n) is 11.8. The van der Waals surface area contributed by atoms with Gasteiger partial charge in [-0.15, -0.1) is 0 Å². The molecule has 166 valence electrons. The van der Waals surface area contributed by atoms with Gasteiger partial charge in [0.2, 0.25) is 0 Å². The standard InChI is InChI=1S/C32H22N2O/c1-3-10-22(11-4-1)25-14-9-15-26(23-12-5-2-6-13-23)32(25)24-18-19-29-30(20-24)35-21-31-33-27-16-7-8-17-28(27)34(29)31/h1-20H,21H2. The van der Waals surface area contributed by atoms with E-state index in [4.69, 9.17) is 9.72 Å². The van der Waals surface area contributed by atoms with Crippen molar-refractivity contribution in [1.29, 1.82) is 0 Å². The second-order valence-electron chi connectivity index (χ2n) is 8.78. The number of hydrogen-bond acceptors (Lipinski definition) is 2. The molecule has 5 aromatic carbocycles. The Morgan fingerprint density at radius 2 is 1.26 bits per heavy atom. The van der Waals surface area contributed by atoms with E-state index in [1.807, 2.05) is 6.07 Å². The first kappa shape index (κ1) is 19.8. The van der Waals surface area contributed by atoms with E-state index >= 15 is 0 Å². The van der Waals surface area contributed by atoms with Gasteiger partial charge in [0.15, 0.2) is 5.82 Å². The van der Waals surface area contributed by atoms with Gasteiger partial charge in [-0.3, -0.25) is 4.57 Å². The molecule has 0 bridgehead atoms. The minimum atomic E-state index is 0.455. The van der Waals surface area contributed by atoms with Crippen molar-refractivity contribution < 1.29 is 4.74 Å². The molecule has 0 fully saturated rings. The Hall–Kier alpha value is -4.63. The Labute approximate surface area is 203 Å². The van der Waals surface area contributed by atoms with E-state index in [1.165, 1.54) is 27.8 Å². The fourth-order valence-corrected chi connectivity index (χ4v) is 5.13.